The quantitative estimate of drug-likeness (QED) is 0.894. The van der Waals surface area contributed by atoms with E-state index in [4.69, 9.17) is 11.6 Å². The summed E-state index contributed by atoms with van der Waals surface area (Å²) in [6.45, 7) is 1.48. The van der Waals surface area contributed by atoms with E-state index in [0.717, 1.165) is 12.1 Å². The lowest BCUT2D eigenvalue weighted by molar-refractivity contribution is 0.168. The fraction of sp³-hybridized carbons (Fsp3) is 0.200. The molecule has 1 atom stereocenters. The predicted octanol–water partition coefficient (Wildman–Crippen LogP) is 4.34. The number of halogens is 4. The summed E-state index contributed by atoms with van der Waals surface area (Å²) in [4.78, 5) is 0. The first kappa shape index (κ1) is 14.9. The van der Waals surface area contributed by atoms with Crippen LogP contribution in [0.5, 0.6) is 0 Å². The number of aryl methyl sites for hydroxylation is 1. The van der Waals surface area contributed by atoms with Crippen LogP contribution in [0, 0.1) is 24.4 Å². The van der Waals surface area contributed by atoms with Crippen LogP contribution in [0.4, 0.5) is 13.2 Å². The molecule has 0 heterocycles. The van der Waals surface area contributed by atoms with E-state index in [0.29, 0.717) is 5.56 Å². The SMILES string of the molecule is Cc1ccc(F)c(C(O)Cc2ccc(F)cc2Cl)c1F. The van der Waals surface area contributed by atoms with Gasteiger partial charge in [-0.25, -0.2) is 13.2 Å². The molecule has 0 fully saturated rings. The minimum absolute atomic E-state index is 0.101. The van der Waals surface area contributed by atoms with Crippen molar-refractivity contribution in [3.63, 3.8) is 0 Å². The van der Waals surface area contributed by atoms with Crippen LogP contribution < -0.4 is 0 Å². The molecule has 1 unspecified atom stereocenters. The first-order valence-electron chi connectivity index (χ1n) is 5.96. The summed E-state index contributed by atoms with van der Waals surface area (Å²) in [5.74, 6) is -2.12. The van der Waals surface area contributed by atoms with Crippen molar-refractivity contribution < 1.29 is 18.3 Å². The Morgan fingerprint density at radius 1 is 1.15 bits per heavy atom. The molecule has 0 saturated carbocycles. The molecule has 2 aromatic carbocycles. The van der Waals surface area contributed by atoms with E-state index in [1.165, 1.54) is 25.1 Å². The van der Waals surface area contributed by atoms with Crippen LogP contribution in [0.15, 0.2) is 30.3 Å². The topological polar surface area (TPSA) is 20.2 Å². The summed E-state index contributed by atoms with van der Waals surface area (Å²) in [7, 11) is 0. The predicted molar refractivity (Wildman–Crippen MR) is 71.2 cm³/mol. The molecule has 106 valence electrons. The van der Waals surface area contributed by atoms with Gasteiger partial charge in [-0.1, -0.05) is 23.7 Å². The van der Waals surface area contributed by atoms with Gasteiger partial charge in [0.1, 0.15) is 17.5 Å². The van der Waals surface area contributed by atoms with E-state index in [-0.39, 0.29) is 17.0 Å². The maximum Gasteiger partial charge on any atom is 0.134 e. The van der Waals surface area contributed by atoms with Crippen LogP contribution in [-0.2, 0) is 6.42 Å². The van der Waals surface area contributed by atoms with Gasteiger partial charge in [0.05, 0.1) is 11.7 Å². The van der Waals surface area contributed by atoms with Gasteiger partial charge in [0, 0.05) is 11.4 Å². The minimum atomic E-state index is -1.39. The molecule has 0 aliphatic rings. The van der Waals surface area contributed by atoms with Gasteiger partial charge < -0.3 is 5.11 Å². The fourth-order valence-corrected chi connectivity index (χ4v) is 2.23. The lowest BCUT2D eigenvalue weighted by atomic mass is 9.98. The van der Waals surface area contributed by atoms with Crippen LogP contribution in [0.25, 0.3) is 0 Å². The van der Waals surface area contributed by atoms with Crippen molar-refractivity contribution in [3.8, 4) is 0 Å². The molecule has 2 aromatic rings. The van der Waals surface area contributed by atoms with Gasteiger partial charge in [-0.15, -0.1) is 0 Å². The molecule has 5 heteroatoms. The molecule has 1 N–H and O–H groups in total. The van der Waals surface area contributed by atoms with Crippen LogP contribution in [-0.4, -0.2) is 5.11 Å². The molecular weight excluding hydrogens is 289 g/mol. The van der Waals surface area contributed by atoms with E-state index in [1.54, 1.807) is 0 Å². The summed E-state index contributed by atoms with van der Waals surface area (Å²) in [6, 6.07) is 6.05. The number of hydrogen-bond donors (Lipinski definition) is 1. The Kier molecular flexibility index (Phi) is 4.35. The number of aliphatic hydroxyl groups excluding tert-OH is 1. The van der Waals surface area contributed by atoms with Crippen molar-refractivity contribution in [1.29, 1.82) is 0 Å². The van der Waals surface area contributed by atoms with Crippen LogP contribution in [0.2, 0.25) is 5.02 Å². The molecule has 0 aliphatic heterocycles. The van der Waals surface area contributed by atoms with Crippen LogP contribution >= 0.6 is 11.6 Å². The summed E-state index contributed by atoms with van der Waals surface area (Å²) >= 11 is 5.83. The van der Waals surface area contributed by atoms with E-state index in [2.05, 4.69) is 0 Å². The van der Waals surface area contributed by atoms with Gasteiger partial charge in [-0.05, 0) is 36.2 Å². The summed E-state index contributed by atoms with van der Waals surface area (Å²) in [5.41, 5.74) is 0.261. The second-order valence-electron chi connectivity index (χ2n) is 4.55. The van der Waals surface area contributed by atoms with Crippen molar-refractivity contribution in [1.82, 2.24) is 0 Å². The highest BCUT2D eigenvalue weighted by atomic mass is 35.5. The Labute approximate surface area is 119 Å². The standard InChI is InChI=1S/C15H12ClF3O/c1-8-2-5-12(18)14(15(8)19)13(20)6-9-3-4-10(17)7-11(9)16/h2-5,7,13,20H,6H2,1H3. The number of benzene rings is 2. The molecule has 0 spiro atoms. The Bertz CT molecular complexity index is 643. The highest BCUT2D eigenvalue weighted by Crippen LogP contribution is 2.28. The second kappa shape index (κ2) is 5.85. The van der Waals surface area contributed by atoms with Gasteiger partial charge in [-0.3, -0.25) is 0 Å². The number of aliphatic hydroxyl groups is 1. The highest BCUT2D eigenvalue weighted by Gasteiger charge is 2.20. The highest BCUT2D eigenvalue weighted by molar-refractivity contribution is 6.31. The van der Waals surface area contributed by atoms with Gasteiger partial charge in [-0.2, -0.15) is 0 Å². The monoisotopic (exact) mass is 300 g/mol. The van der Waals surface area contributed by atoms with Crippen LogP contribution in [0.3, 0.4) is 0 Å². The average molecular weight is 301 g/mol. The third-order valence-corrected chi connectivity index (χ3v) is 3.43. The normalized spacial score (nSPS) is 12.5. The lowest BCUT2D eigenvalue weighted by Crippen LogP contribution is -2.09. The van der Waals surface area contributed by atoms with Gasteiger partial charge in [0.15, 0.2) is 0 Å². The second-order valence-corrected chi connectivity index (χ2v) is 4.95. The summed E-state index contributed by atoms with van der Waals surface area (Å²) in [5, 5.41) is 10.1. The third kappa shape index (κ3) is 2.97. The Morgan fingerprint density at radius 3 is 2.50 bits per heavy atom. The molecule has 2 rings (SSSR count). The maximum atomic E-state index is 13.9. The van der Waals surface area contributed by atoms with E-state index >= 15 is 0 Å². The zero-order valence-corrected chi connectivity index (χ0v) is 11.4. The zero-order valence-electron chi connectivity index (χ0n) is 10.6. The van der Waals surface area contributed by atoms with Crippen molar-refractivity contribution >= 4 is 11.6 Å². The molecule has 0 amide bonds. The Hall–Kier alpha value is -1.52. The van der Waals surface area contributed by atoms with Crippen LogP contribution in [0.1, 0.15) is 22.8 Å². The molecule has 0 radical (unpaired) electrons. The van der Waals surface area contributed by atoms with Crippen molar-refractivity contribution in [2.45, 2.75) is 19.4 Å². The van der Waals surface area contributed by atoms with Gasteiger partial charge >= 0.3 is 0 Å². The van der Waals surface area contributed by atoms with E-state index in [1.807, 2.05) is 0 Å². The summed E-state index contributed by atoms with van der Waals surface area (Å²) < 4.78 is 40.5. The molecule has 0 aromatic heterocycles. The third-order valence-electron chi connectivity index (χ3n) is 3.08. The maximum absolute atomic E-state index is 13.9. The van der Waals surface area contributed by atoms with Gasteiger partial charge in [0.2, 0.25) is 0 Å². The number of rotatable bonds is 3. The smallest absolute Gasteiger partial charge is 0.134 e. The Balaban J connectivity index is 2.33. The van der Waals surface area contributed by atoms with Gasteiger partial charge in [0.25, 0.3) is 0 Å². The lowest BCUT2D eigenvalue weighted by Gasteiger charge is -2.15. The van der Waals surface area contributed by atoms with E-state index < -0.39 is 29.1 Å². The Morgan fingerprint density at radius 2 is 1.85 bits per heavy atom. The first-order valence-corrected chi connectivity index (χ1v) is 6.34. The largest absolute Gasteiger partial charge is 0.388 e. The molecule has 0 bridgehead atoms. The van der Waals surface area contributed by atoms with Crippen molar-refractivity contribution in [2.75, 3.05) is 0 Å². The fourth-order valence-electron chi connectivity index (χ4n) is 1.98. The zero-order chi connectivity index (χ0) is 14.9. The average Bonchev–Trinajstić information content (AvgIpc) is 2.38. The molecular formula is C15H12ClF3O. The molecule has 0 saturated heterocycles. The van der Waals surface area contributed by atoms with E-state index in [9.17, 15) is 18.3 Å². The van der Waals surface area contributed by atoms with Crippen molar-refractivity contribution in [2.24, 2.45) is 0 Å². The minimum Gasteiger partial charge on any atom is -0.388 e. The number of hydrogen-bond acceptors (Lipinski definition) is 1. The summed E-state index contributed by atoms with van der Waals surface area (Å²) in [6.07, 6.45) is -1.49. The van der Waals surface area contributed by atoms with Crippen molar-refractivity contribution in [3.05, 3.63) is 69.5 Å². The molecule has 0 aliphatic carbocycles. The molecule has 20 heavy (non-hydrogen) atoms. The first-order chi connectivity index (χ1) is 9.40. The molecule has 1 nitrogen and oxygen atoms in total.